The second-order valence-electron chi connectivity index (χ2n) is 12.4. The molecule has 8 nitrogen and oxygen atoms in total. The first-order valence-electron chi connectivity index (χ1n) is 14.5. The highest BCUT2D eigenvalue weighted by molar-refractivity contribution is 6.77. The van der Waals surface area contributed by atoms with Gasteiger partial charge in [0.15, 0.2) is 5.41 Å². The molecule has 232 valence electrons. The molecule has 1 aliphatic carbocycles. The summed E-state index contributed by atoms with van der Waals surface area (Å²) in [5.41, 5.74) is -2.67. The van der Waals surface area contributed by atoms with Crippen LogP contribution in [0.25, 0.3) is 0 Å². The van der Waals surface area contributed by atoms with Gasteiger partial charge in [-0.15, -0.1) is 0 Å². The van der Waals surface area contributed by atoms with Crippen molar-refractivity contribution < 1.29 is 33.1 Å². The van der Waals surface area contributed by atoms with Gasteiger partial charge in [0, 0.05) is 12.5 Å². The van der Waals surface area contributed by atoms with E-state index in [-0.39, 0.29) is 50.6 Å². The number of carbonyl (C=O) groups is 4. The van der Waals surface area contributed by atoms with Crippen LogP contribution in [0.4, 0.5) is 0 Å². The maximum absolute atomic E-state index is 14.1. The van der Waals surface area contributed by atoms with Crippen molar-refractivity contribution in [1.29, 1.82) is 0 Å². The van der Waals surface area contributed by atoms with Crippen molar-refractivity contribution in [1.82, 2.24) is 4.90 Å². The number of nitrogens with zero attached hydrogens (tertiary/aromatic N) is 1. The van der Waals surface area contributed by atoms with Crippen molar-refractivity contribution in [2.24, 2.45) is 5.41 Å². The summed E-state index contributed by atoms with van der Waals surface area (Å²) in [6, 6.07) is 10.9. The van der Waals surface area contributed by atoms with E-state index in [1.165, 1.54) is 26.4 Å². The molecule has 1 saturated carbocycles. The quantitative estimate of drug-likeness (QED) is 0.123. The molecule has 4 rings (SSSR count). The average Bonchev–Trinajstić information content (AvgIpc) is 3.43. The van der Waals surface area contributed by atoms with Crippen LogP contribution >= 0.6 is 23.2 Å². The van der Waals surface area contributed by atoms with E-state index in [4.69, 9.17) is 37.1 Å². The molecule has 2 aromatic carbocycles. The van der Waals surface area contributed by atoms with E-state index in [2.05, 4.69) is 41.5 Å². The molecule has 2 aliphatic rings. The summed E-state index contributed by atoms with van der Waals surface area (Å²) in [5.74, 6) is -2.88. The smallest absolute Gasteiger partial charge is 0.326 e. The average molecular weight is 649 g/mol. The molecule has 0 aromatic heterocycles. The van der Waals surface area contributed by atoms with Gasteiger partial charge in [-0.2, -0.15) is 0 Å². The van der Waals surface area contributed by atoms with Crippen LogP contribution < -0.4 is 0 Å². The Morgan fingerprint density at radius 2 is 1.26 bits per heavy atom. The summed E-state index contributed by atoms with van der Waals surface area (Å²) in [6.07, 6.45) is -0.290. The van der Waals surface area contributed by atoms with Gasteiger partial charge in [0.1, 0.15) is 5.60 Å². The van der Waals surface area contributed by atoms with Gasteiger partial charge in [-0.3, -0.25) is 24.1 Å². The number of fused-ring (bicyclic) bond motifs is 1. The minimum Gasteiger partial charge on any atom is -0.468 e. The lowest BCUT2D eigenvalue weighted by molar-refractivity contribution is -0.186. The number of benzene rings is 2. The van der Waals surface area contributed by atoms with Crippen LogP contribution in [-0.2, 0) is 29.1 Å². The van der Waals surface area contributed by atoms with Gasteiger partial charge in [0.25, 0.3) is 11.8 Å². The summed E-state index contributed by atoms with van der Waals surface area (Å²) in [4.78, 5) is 57.1. The molecule has 0 radical (unpaired) electrons. The summed E-state index contributed by atoms with van der Waals surface area (Å²) < 4.78 is 18.3. The van der Waals surface area contributed by atoms with Crippen LogP contribution in [-0.4, -0.2) is 57.2 Å². The zero-order chi connectivity index (χ0) is 32.1. The summed E-state index contributed by atoms with van der Waals surface area (Å²) in [5, 5.41) is 0.272. The third-order valence-electron chi connectivity index (χ3n) is 9.44. The molecule has 0 bridgehead atoms. The van der Waals surface area contributed by atoms with E-state index in [9.17, 15) is 19.2 Å². The highest BCUT2D eigenvalue weighted by atomic mass is 35.5. The predicted molar refractivity (Wildman–Crippen MR) is 167 cm³/mol. The molecule has 2 aromatic rings. The molecule has 0 unspecified atom stereocenters. The number of methoxy groups -OCH3 is 2. The Hall–Kier alpha value is -2.72. The Kier molecular flexibility index (Phi) is 9.25. The maximum Gasteiger partial charge on any atom is 0.326 e. The monoisotopic (exact) mass is 647 g/mol. The molecule has 0 saturated heterocycles. The van der Waals surface area contributed by atoms with Crippen molar-refractivity contribution in [3.63, 3.8) is 0 Å². The number of amides is 2. The van der Waals surface area contributed by atoms with Gasteiger partial charge in [-0.05, 0) is 40.7 Å². The summed E-state index contributed by atoms with van der Waals surface area (Å²) >= 11 is 12.4. The fourth-order valence-corrected chi connectivity index (χ4v) is 13.7. The standard InChI is InChI=1S/C32H39Cl2NO7Si/c1-18(2)43(19(3)4,20(5)6)42-32(21-12-10-9-11-13-21)17-22(16-31(32,29(38)40-7)30(39)41-8)35-27(36)23-14-25(33)26(34)15-24(23)28(35)37/h9-15,18-20,22H,16-17H2,1-8H3/t22-,32-/m0/s1. The summed E-state index contributed by atoms with van der Waals surface area (Å²) in [7, 11) is -0.457. The Morgan fingerprint density at radius 3 is 1.65 bits per heavy atom. The van der Waals surface area contributed by atoms with E-state index >= 15 is 0 Å². The first-order valence-corrected chi connectivity index (χ1v) is 17.3. The number of hydrogen-bond donors (Lipinski definition) is 0. The molecule has 43 heavy (non-hydrogen) atoms. The number of carbonyl (C=O) groups excluding carboxylic acids is 4. The SMILES string of the molecule is COC(=O)C1(C(=O)OC)C[C@H](N2C(=O)c3cc(Cl)c(Cl)cc3C2=O)C[C@]1(O[Si](C(C)C)(C(C)C)C(C)C)c1ccccc1. The van der Waals surface area contributed by atoms with Gasteiger partial charge in [0.2, 0.25) is 8.32 Å². The molecule has 1 fully saturated rings. The third kappa shape index (κ3) is 4.83. The van der Waals surface area contributed by atoms with E-state index in [1.54, 1.807) is 0 Å². The Bertz CT molecular complexity index is 1370. The van der Waals surface area contributed by atoms with Crippen molar-refractivity contribution in [2.75, 3.05) is 14.2 Å². The predicted octanol–water partition coefficient (Wildman–Crippen LogP) is 7.17. The first kappa shape index (κ1) is 33.2. The van der Waals surface area contributed by atoms with Crippen molar-refractivity contribution in [2.45, 2.75) is 82.7 Å². The number of ether oxygens (including phenoxy) is 2. The normalized spacial score (nSPS) is 21.6. The van der Waals surface area contributed by atoms with Crippen LogP contribution in [0.2, 0.25) is 26.7 Å². The number of imide groups is 1. The van der Waals surface area contributed by atoms with Crippen LogP contribution in [0.3, 0.4) is 0 Å². The number of hydrogen-bond acceptors (Lipinski definition) is 7. The van der Waals surface area contributed by atoms with E-state index in [0.29, 0.717) is 5.56 Å². The third-order valence-corrected chi connectivity index (χ3v) is 16.3. The molecule has 2 atom stereocenters. The lowest BCUT2D eigenvalue weighted by Gasteiger charge is -2.52. The highest BCUT2D eigenvalue weighted by Gasteiger charge is 2.74. The van der Waals surface area contributed by atoms with Crippen LogP contribution in [0.1, 0.15) is 80.7 Å². The molecule has 2 amide bonds. The fraction of sp³-hybridized carbons (Fsp3) is 0.500. The lowest BCUT2D eigenvalue weighted by atomic mass is 9.70. The minimum atomic E-state index is -2.87. The lowest BCUT2D eigenvalue weighted by Crippen LogP contribution is -2.62. The van der Waals surface area contributed by atoms with Crippen LogP contribution in [0.15, 0.2) is 42.5 Å². The summed E-state index contributed by atoms with van der Waals surface area (Å²) in [6.45, 7) is 12.6. The molecule has 0 N–H and O–H groups in total. The van der Waals surface area contributed by atoms with Gasteiger partial charge >= 0.3 is 11.9 Å². The minimum absolute atomic E-state index is 0.0327. The second kappa shape index (κ2) is 12.0. The van der Waals surface area contributed by atoms with E-state index in [0.717, 1.165) is 4.90 Å². The van der Waals surface area contributed by atoms with E-state index < -0.39 is 49.1 Å². The van der Waals surface area contributed by atoms with Crippen molar-refractivity contribution in [3.05, 3.63) is 69.2 Å². The zero-order valence-electron chi connectivity index (χ0n) is 25.8. The van der Waals surface area contributed by atoms with Gasteiger partial charge in [-0.25, -0.2) is 0 Å². The second-order valence-corrected chi connectivity index (χ2v) is 18.5. The van der Waals surface area contributed by atoms with Gasteiger partial charge < -0.3 is 13.9 Å². The Morgan fingerprint density at radius 1 is 0.814 bits per heavy atom. The zero-order valence-corrected chi connectivity index (χ0v) is 28.3. The molecule has 1 aliphatic heterocycles. The number of rotatable bonds is 9. The fourth-order valence-electron chi connectivity index (χ4n) is 7.71. The molecule has 11 heteroatoms. The Balaban J connectivity index is 2.05. The van der Waals surface area contributed by atoms with Gasteiger partial charge in [-0.1, -0.05) is 95.1 Å². The first-order chi connectivity index (χ1) is 20.2. The molecule has 1 heterocycles. The Labute approximate surface area is 264 Å². The van der Waals surface area contributed by atoms with Gasteiger partial charge in [0.05, 0.1) is 35.4 Å². The molecular formula is C32H39Cl2NO7Si. The maximum atomic E-state index is 14.1. The van der Waals surface area contributed by atoms with Crippen LogP contribution in [0.5, 0.6) is 0 Å². The number of esters is 2. The van der Waals surface area contributed by atoms with Crippen molar-refractivity contribution in [3.8, 4) is 0 Å². The number of halogens is 2. The van der Waals surface area contributed by atoms with Crippen LogP contribution in [0, 0.1) is 5.41 Å². The highest BCUT2D eigenvalue weighted by Crippen LogP contribution is 2.62. The molecular weight excluding hydrogens is 609 g/mol. The topological polar surface area (TPSA) is 99.2 Å². The largest absolute Gasteiger partial charge is 0.468 e. The molecule has 0 spiro atoms. The van der Waals surface area contributed by atoms with E-state index in [1.807, 2.05) is 30.3 Å². The van der Waals surface area contributed by atoms with Crippen molar-refractivity contribution >= 4 is 55.3 Å².